The molecule has 0 aliphatic carbocycles. The van der Waals surface area contributed by atoms with Crippen LogP contribution in [-0.4, -0.2) is 38.7 Å². The van der Waals surface area contributed by atoms with Gasteiger partial charge in [-0.2, -0.15) is 11.3 Å². The minimum Gasteiger partial charge on any atom is -0.295 e. The lowest BCUT2D eigenvalue weighted by molar-refractivity contribution is 0.247. The van der Waals surface area contributed by atoms with Crippen molar-refractivity contribution in [2.24, 2.45) is 0 Å². The first-order chi connectivity index (χ1) is 11.6. The highest BCUT2D eigenvalue weighted by molar-refractivity contribution is 7.89. The summed E-state index contributed by atoms with van der Waals surface area (Å²) in [7, 11) is -3.27. The zero-order chi connectivity index (χ0) is 16.8. The Hall–Kier alpha value is -1.21. The molecule has 6 heteroatoms. The lowest BCUT2D eigenvalue weighted by Crippen LogP contribution is -2.37. The van der Waals surface area contributed by atoms with E-state index in [1.54, 1.807) is 11.3 Å². The first-order valence-corrected chi connectivity index (χ1v) is 11.0. The van der Waals surface area contributed by atoms with Gasteiger partial charge in [-0.05, 0) is 60.3 Å². The van der Waals surface area contributed by atoms with Crippen molar-refractivity contribution in [2.75, 3.05) is 25.4 Å². The molecule has 2 heterocycles. The van der Waals surface area contributed by atoms with Crippen molar-refractivity contribution in [3.8, 4) is 0 Å². The molecule has 1 fully saturated rings. The molecule has 0 amide bonds. The van der Waals surface area contributed by atoms with Crippen molar-refractivity contribution in [1.82, 2.24) is 9.62 Å². The fourth-order valence-corrected chi connectivity index (χ4v) is 4.92. The molecule has 0 radical (unpaired) electrons. The third-order valence-corrected chi connectivity index (χ3v) is 6.56. The molecule has 1 aromatic carbocycles. The molecule has 1 atom stereocenters. The van der Waals surface area contributed by atoms with Crippen molar-refractivity contribution in [3.05, 3.63) is 58.3 Å². The van der Waals surface area contributed by atoms with Crippen molar-refractivity contribution in [2.45, 2.75) is 25.3 Å². The Morgan fingerprint density at radius 1 is 1.12 bits per heavy atom. The third-order valence-electron chi connectivity index (χ3n) is 4.51. The van der Waals surface area contributed by atoms with Gasteiger partial charge >= 0.3 is 0 Å². The summed E-state index contributed by atoms with van der Waals surface area (Å²) in [6.07, 6.45) is 2.94. The molecule has 24 heavy (non-hydrogen) atoms. The second kappa shape index (κ2) is 8.25. The second-order valence-corrected chi connectivity index (χ2v) is 8.92. The topological polar surface area (TPSA) is 49.4 Å². The zero-order valence-corrected chi connectivity index (χ0v) is 15.4. The monoisotopic (exact) mass is 364 g/mol. The minimum absolute atomic E-state index is 0.132. The van der Waals surface area contributed by atoms with Crippen LogP contribution in [0.2, 0.25) is 0 Å². The first-order valence-electron chi connectivity index (χ1n) is 8.41. The third kappa shape index (κ3) is 4.89. The summed E-state index contributed by atoms with van der Waals surface area (Å²) >= 11 is 1.66. The van der Waals surface area contributed by atoms with Crippen LogP contribution in [0.1, 0.15) is 30.0 Å². The highest BCUT2D eigenvalue weighted by atomic mass is 32.2. The van der Waals surface area contributed by atoms with Gasteiger partial charge in [-0.15, -0.1) is 0 Å². The molecule has 0 saturated carbocycles. The number of likely N-dealkylation sites (tertiary alicyclic amines) is 1. The Morgan fingerprint density at radius 2 is 1.88 bits per heavy atom. The van der Waals surface area contributed by atoms with Crippen LogP contribution in [-0.2, 0) is 16.4 Å². The number of benzene rings is 1. The largest absolute Gasteiger partial charge is 0.295 e. The van der Waals surface area contributed by atoms with Gasteiger partial charge in [0.15, 0.2) is 0 Å². The van der Waals surface area contributed by atoms with Crippen molar-refractivity contribution < 1.29 is 8.42 Å². The molecule has 2 aromatic rings. The Morgan fingerprint density at radius 3 is 2.54 bits per heavy atom. The summed E-state index contributed by atoms with van der Waals surface area (Å²) in [5, 5.41) is 4.18. The van der Waals surface area contributed by atoms with E-state index in [4.69, 9.17) is 0 Å². The molecule has 130 valence electrons. The maximum absolute atomic E-state index is 12.4. The minimum atomic E-state index is -3.27. The molecule has 0 spiro atoms. The van der Waals surface area contributed by atoms with Gasteiger partial charge in [-0.1, -0.05) is 30.3 Å². The molecule has 1 aromatic heterocycles. The standard InChI is InChI=1S/C18H24N2O2S2/c21-24(22,13-9-16-6-2-1-3-7-16)19-14-18(17-8-12-23-15-17)20-10-4-5-11-20/h1-3,6-8,12,15,18-19H,4-5,9-11,13-14H2. The molecule has 1 N–H and O–H groups in total. The molecular weight excluding hydrogens is 340 g/mol. The predicted octanol–water partition coefficient (Wildman–Crippen LogP) is 3.05. The number of sulfonamides is 1. The molecule has 1 unspecified atom stereocenters. The normalized spacial score (nSPS) is 17.2. The predicted molar refractivity (Wildman–Crippen MR) is 99.8 cm³/mol. The summed E-state index contributed by atoms with van der Waals surface area (Å²) in [4.78, 5) is 2.39. The number of nitrogens with zero attached hydrogens (tertiary/aromatic N) is 1. The van der Waals surface area contributed by atoms with Crippen LogP contribution >= 0.6 is 11.3 Å². The zero-order valence-electron chi connectivity index (χ0n) is 13.7. The number of nitrogens with one attached hydrogen (secondary N) is 1. The lowest BCUT2D eigenvalue weighted by atomic mass is 10.1. The van der Waals surface area contributed by atoms with Gasteiger partial charge in [0, 0.05) is 12.6 Å². The van der Waals surface area contributed by atoms with E-state index >= 15 is 0 Å². The van der Waals surface area contributed by atoms with Gasteiger partial charge in [-0.25, -0.2) is 13.1 Å². The highest BCUT2D eigenvalue weighted by Gasteiger charge is 2.25. The maximum atomic E-state index is 12.4. The van der Waals surface area contributed by atoms with Crippen LogP contribution in [0.4, 0.5) is 0 Å². The number of hydrogen-bond donors (Lipinski definition) is 1. The van der Waals surface area contributed by atoms with Gasteiger partial charge in [0.25, 0.3) is 0 Å². The molecule has 3 rings (SSSR count). The second-order valence-electron chi connectivity index (χ2n) is 6.22. The first kappa shape index (κ1) is 17.6. The quantitative estimate of drug-likeness (QED) is 0.783. The van der Waals surface area contributed by atoms with Crippen LogP contribution in [0, 0.1) is 0 Å². The Labute approximate surface area is 148 Å². The van der Waals surface area contributed by atoms with Gasteiger partial charge in [0.1, 0.15) is 0 Å². The molecule has 4 nitrogen and oxygen atoms in total. The number of thiophene rings is 1. The van der Waals surface area contributed by atoms with E-state index in [1.807, 2.05) is 30.3 Å². The van der Waals surface area contributed by atoms with Crippen LogP contribution < -0.4 is 4.72 Å². The summed E-state index contributed by atoms with van der Waals surface area (Å²) in [5.41, 5.74) is 2.27. The fraction of sp³-hybridized carbons (Fsp3) is 0.444. The highest BCUT2D eigenvalue weighted by Crippen LogP contribution is 2.26. The van der Waals surface area contributed by atoms with Crippen LogP contribution in [0.15, 0.2) is 47.2 Å². The molecule has 0 bridgehead atoms. The van der Waals surface area contributed by atoms with Gasteiger partial charge in [0.2, 0.25) is 10.0 Å². The number of hydrogen-bond acceptors (Lipinski definition) is 4. The van der Waals surface area contributed by atoms with Gasteiger partial charge in [0.05, 0.1) is 5.75 Å². The van der Waals surface area contributed by atoms with E-state index in [-0.39, 0.29) is 11.8 Å². The van der Waals surface area contributed by atoms with Crippen molar-refractivity contribution in [3.63, 3.8) is 0 Å². The Kier molecular flexibility index (Phi) is 6.05. The van der Waals surface area contributed by atoms with Crippen LogP contribution in [0.25, 0.3) is 0 Å². The van der Waals surface area contributed by atoms with E-state index in [2.05, 4.69) is 26.4 Å². The van der Waals surface area contributed by atoms with Gasteiger partial charge in [-0.3, -0.25) is 4.90 Å². The van der Waals surface area contributed by atoms with E-state index in [0.29, 0.717) is 13.0 Å². The van der Waals surface area contributed by atoms with Crippen molar-refractivity contribution >= 4 is 21.4 Å². The average molecular weight is 365 g/mol. The molecule has 1 aliphatic heterocycles. The Balaban J connectivity index is 1.58. The lowest BCUT2D eigenvalue weighted by Gasteiger charge is -2.27. The molecule has 1 saturated heterocycles. The number of rotatable bonds is 8. The summed E-state index contributed by atoms with van der Waals surface area (Å²) in [6.45, 7) is 2.55. The average Bonchev–Trinajstić information content (AvgIpc) is 3.28. The van der Waals surface area contributed by atoms with Gasteiger partial charge < -0.3 is 0 Å². The van der Waals surface area contributed by atoms with E-state index in [1.165, 1.54) is 18.4 Å². The van der Waals surface area contributed by atoms with Crippen LogP contribution in [0.5, 0.6) is 0 Å². The van der Waals surface area contributed by atoms with E-state index in [9.17, 15) is 8.42 Å². The van der Waals surface area contributed by atoms with E-state index < -0.39 is 10.0 Å². The van der Waals surface area contributed by atoms with Crippen molar-refractivity contribution in [1.29, 1.82) is 0 Å². The fourth-order valence-electron chi connectivity index (χ4n) is 3.15. The SMILES string of the molecule is O=S(=O)(CCc1ccccc1)NCC(c1ccsc1)N1CCCC1. The molecular formula is C18H24N2O2S2. The maximum Gasteiger partial charge on any atom is 0.211 e. The van der Waals surface area contributed by atoms with E-state index in [0.717, 1.165) is 18.7 Å². The Bertz CT molecular complexity index is 709. The summed E-state index contributed by atoms with van der Waals surface area (Å²) in [5.74, 6) is 0.132. The summed E-state index contributed by atoms with van der Waals surface area (Å²) < 4.78 is 27.6. The number of aryl methyl sites for hydroxylation is 1. The summed E-state index contributed by atoms with van der Waals surface area (Å²) in [6, 6.07) is 12.0. The van der Waals surface area contributed by atoms with Crippen LogP contribution in [0.3, 0.4) is 0 Å². The molecule has 1 aliphatic rings. The smallest absolute Gasteiger partial charge is 0.211 e.